The first-order valence-electron chi connectivity index (χ1n) is 15.1. The Morgan fingerprint density at radius 2 is 1.47 bits per heavy atom. The predicted octanol–water partition coefficient (Wildman–Crippen LogP) is 6.19. The highest BCUT2D eigenvalue weighted by Gasteiger charge is 2.34. The van der Waals surface area contributed by atoms with Crippen molar-refractivity contribution in [2.45, 2.75) is 57.5 Å². The van der Waals surface area contributed by atoms with Crippen LogP contribution in [-0.4, -0.2) is 44.3 Å². The van der Waals surface area contributed by atoms with Crippen LogP contribution in [0.25, 0.3) is 0 Å². The number of halogens is 1. The van der Waals surface area contributed by atoms with Gasteiger partial charge in [-0.3, -0.25) is 13.9 Å². The minimum Gasteiger partial charge on any atom is -0.354 e. The fourth-order valence-corrected chi connectivity index (χ4v) is 6.40. The Kier molecular flexibility index (Phi) is 11.5. The summed E-state index contributed by atoms with van der Waals surface area (Å²) in [5.74, 6) is -1.33. The van der Waals surface area contributed by atoms with Crippen LogP contribution in [0.5, 0.6) is 0 Å². The first-order chi connectivity index (χ1) is 21.6. The van der Waals surface area contributed by atoms with E-state index in [0.29, 0.717) is 17.8 Å². The van der Waals surface area contributed by atoms with Crippen LogP contribution in [0.15, 0.2) is 108 Å². The van der Waals surface area contributed by atoms with Crippen molar-refractivity contribution in [3.63, 3.8) is 0 Å². The van der Waals surface area contributed by atoms with Crippen molar-refractivity contribution < 1.29 is 22.4 Å². The summed E-state index contributed by atoms with van der Waals surface area (Å²) in [5, 5.41) is 2.96. The molecule has 4 aromatic carbocycles. The predicted molar refractivity (Wildman–Crippen MR) is 176 cm³/mol. The number of unbranched alkanes of at least 4 members (excludes halogenated alkanes) is 1. The lowest BCUT2D eigenvalue weighted by atomic mass is 10.0. The van der Waals surface area contributed by atoms with Crippen LogP contribution in [0.4, 0.5) is 10.1 Å². The molecule has 2 amide bonds. The van der Waals surface area contributed by atoms with Gasteiger partial charge in [0.2, 0.25) is 11.8 Å². The molecule has 1 N–H and O–H groups in total. The van der Waals surface area contributed by atoms with Crippen molar-refractivity contribution in [2.24, 2.45) is 0 Å². The number of anilines is 1. The Bertz CT molecular complexity index is 1680. The van der Waals surface area contributed by atoms with E-state index in [1.807, 2.05) is 57.2 Å². The van der Waals surface area contributed by atoms with Crippen LogP contribution in [0, 0.1) is 19.7 Å². The van der Waals surface area contributed by atoms with Crippen LogP contribution < -0.4 is 9.62 Å². The molecular formula is C36H40FN3O4S. The zero-order chi connectivity index (χ0) is 32.4. The van der Waals surface area contributed by atoms with E-state index >= 15 is 0 Å². The van der Waals surface area contributed by atoms with E-state index in [1.165, 1.54) is 29.2 Å². The van der Waals surface area contributed by atoms with Gasteiger partial charge < -0.3 is 10.2 Å². The molecule has 0 radical (unpaired) electrons. The molecule has 7 nitrogen and oxygen atoms in total. The van der Waals surface area contributed by atoms with Crippen LogP contribution >= 0.6 is 0 Å². The van der Waals surface area contributed by atoms with E-state index in [2.05, 4.69) is 5.32 Å². The number of aryl methyl sites for hydroxylation is 2. The number of rotatable bonds is 14. The number of nitrogens with zero attached hydrogens (tertiary/aromatic N) is 2. The first-order valence-corrected chi connectivity index (χ1v) is 16.5. The topological polar surface area (TPSA) is 86.8 Å². The van der Waals surface area contributed by atoms with Crippen LogP contribution in [0.3, 0.4) is 0 Å². The van der Waals surface area contributed by atoms with Gasteiger partial charge in [0.15, 0.2) is 0 Å². The quantitative estimate of drug-likeness (QED) is 0.169. The second-order valence-corrected chi connectivity index (χ2v) is 13.0. The van der Waals surface area contributed by atoms with Gasteiger partial charge in [-0.25, -0.2) is 12.8 Å². The zero-order valence-corrected chi connectivity index (χ0v) is 26.8. The van der Waals surface area contributed by atoms with Crippen molar-refractivity contribution in [3.8, 4) is 0 Å². The maximum atomic E-state index is 14.5. The molecule has 0 aliphatic heterocycles. The summed E-state index contributed by atoms with van der Waals surface area (Å²) in [6.45, 7) is 5.70. The number of hydrogen-bond acceptors (Lipinski definition) is 4. The largest absolute Gasteiger partial charge is 0.354 e. The standard InChI is InChI=1S/C36H40FN3O4S/c1-4-5-22-38-36(42)34(24-29-12-8-6-9-13-29)39(25-30-17-19-31(37)20-18-30)35(41)26-40(32-21-16-27(2)28(3)23-32)45(43,44)33-14-10-7-11-15-33/h6-21,23,34H,4-5,22,24-26H2,1-3H3,(H,38,42)/t34-/m0/s1. The Morgan fingerprint density at radius 1 is 0.822 bits per heavy atom. The lowest BCUT2D eigenvalue weighted by Crippen LogP contribution is -2.53. The summed E-state index contributed by atoms with van der Waals surface area (Å²) in [7, 11) is -4.18. The second kappa shape index (κ2) is 15.5. The molecule has 236 valence electrons. The van der Waals surface area contributed by atoms with Gasteiger partial charge in [0.1, 0.15) is 18.4 Å². The third kappa shape index (κ3) is 8.79. The van der Waals surface area contributed by atoms with E-state index in [4.69, 9.17) is 0 Å². The highest BCUT2D eigenvalue weighted by atomic mass is 32.2. The molecule has 1 atom stereocenters. The lowest BCUT2D eigenvalue weighted by molar-refractivity contribution is -0.140. The average Bonchev–Trinajstić information content (AvgIpc) is 3.04. The number of sulfonamides is 1. The first kappa shape index (κ1) is 33.4. The van der Waals surface area contributed by atoms with E-state index in [-0.39, 0.29) is 23.8 Å². The SMILES string of the molecule is CCCCNC(=O)[C@H](Cc1ccccc1)N(Cc1ccc(F)cc1)C(=O)CN(c1ccc(C)c(C)c1)S(=O)(=O)c1ccccc1. The van der Waals surface area contributed by atoms with Gasteiger partial charge in [0.05, 0.1) is 10.6 Å². The van der Waals surface area contributed by atoms with Gasteiger partial charge in [0.25, 0.3) is 10.0 Å². The highest BCUT2D eigenvalue weighted by molar-refractivity contribution is 7.92. The maximum Gasteiger partial charge on any atom is 0.264 e. The van der Waals surface area contributed by atoms with Crippen molar-refractivity contribution in [1.29, 1.82) is 0 Å². The van der Waals surface area contributed by atoms with Gasteiger partial charge in [-0.1, -0.05) is 80.1 Å². The number of carbonyl (C=O) groups is 2. The van der Waals surface area contributed by atoms with Gasteiger partial charge in [-0.2, -0.15) is 0 Å². The number of carbonyl (C=O) groups excluding carboxylic acids is 2. The molecule has 0 aromatic heterocycles. The van der Waals surface area contributed by atoms with Crippen molar-refractivity contribution >= 4 is 27.5 Å². The Labute approximate surface area is 265 Å². The number of hydrogen-bond donors (Lipinski definition) is 1. The fraction of sp³-hybridized carbons (Fsp3) is 0.278. The Morgan fingerprint density at radius 3 is 2.09 bits per heavy atom. The van der Waals surface area contributed by atoms with Gasteiger partial charge >= 0.3 is 0 Å². The number of benzene rings is 4. The summed E-state index contributed by atoms with van der Waals surface area (Å²) in [6.07, 6.45) is 1.86. The van der Waals surface area contributed by atoms with Crippen molar-refractivity contribution in [1.82, 2.24) is 10.2 Å². The Hall–Kier alpha value is -4.50. The molecule has 9 heteroatoms. The Balaban J connectivity index is 1.79. The van der Waals surface area contributed by atoms with Gasteiger partial charge in [-0.15, -0.1) is 0 Å². The van der Waals surface area contributed by atoms with Crippen LogP contribution in [0.2, 0.25) is 0 Å². The van der Waals surface area contributed by atoms with Crippen molar-refractivity contribution in [2.75, 3.05) is 17.4 Å². The second-order valence-electron chi connectivity index (χ2n) is 11.1. The molecule has 0 saturated carbocycles. The summed E-state index contributed by atoms with van der Waals surface area (Å²) < 4.78 is 43.1. The monoisotopic (exact) mass is 629 g/mol. The van der Waals surface area contributed by atoms with Gasteiger partial charge in [-0.05, 0) is 78.9 Å². The molecule has 45 heavy (non-hydrogen) atoms. The maximum absolute atomic E-state index is 14.5. The lowest BCUT2D eigenvalue weighted by Gasteiger charge is -2.34. The summed E-state index contributed by atoms with van der Waals surface area (Å²) in [5.41, 5.74) is 3.63. The molecule has 0 spiro atoms. The zero-order valence-electron chi connectivity index (χ0n) is 25.9. The molecule has 4 rings (SSSR count). The van der Waals surface area contributed by atoms with E-state index < -0.39 is 34.3 Å². The molecule has 0 fully saturated rings. The summed E-state index contributed by atoms with van der Waals surface area (Å²) in [4.78, 5) is 29.7. The smallest absolute Gasteiger partial charge is 0.264 e. The molecule has 0 aliphatic rings. The van der Waals surface area contributed by atoms with E-state index in [0.717, 1.165) is 33.8 Å². The molecule has 0 aliphatic carbocycles. The van der Waals surface area contributed by atoms with Crippen LogP contribution in [0.1, 0.15) is 42.0 Å². The average molecular weight is 630 g/mol. The fourth-order valence-electron chi connectivity index (χ4n) is 4.98. The molecule has 4 aromatic rings. The van der Waals surface area contributed by atoms with Gasteiger partial charge in [0, 0.05) is 19.5 Å². The third-order valence-electron chi connectivity index (χ3n) is 7.76. The van der Waals surface area contributed by atoms with E-state index in [1.54, 1.807) is 42.5 Å². The minimum absolute atomic E-state index is 0.0238. The number of amides is 2. The summed E-state index contributed by atoms with van der Waals surface area (Å²) >= 11 is 0. The summed E-state index contributed by atoms with van der Waals surface area (Å²) in [6, 6.07) is 27.3. The molecule has 0 unspecified atom stereocenters. The van der Waals surface area contributed by atoms with Crippen LogP contribution in [-0.2, 0) is 32.6 Å². The van der Waals surface area contributed by atoms with Crippen molar-refractivity contribution in [3.05, 3.63) is 131 Å². The molecule has 0 heterocycles. The number of nitrogens with one attached hydrogen (secondary N) is 1. The third-order valence-corrected chi connectivity index (χ3v) is 9.54. The normalized spacial score (nSPS) is 11.9. The molecule has 0 bridgehead atoms. The van der Waals surface area contributed by atoms with E-state index in [9.17, 15) is 22.4 Å². The minimum atomic E-state index is -4.18. The highest BCUT2D eigenvalue weighted by Crippen LogP contribution is 2.27. The molecular weight excluding hydrogens is 589 g/mol. The molecule has 0 saturated heterocycles.